The second-order valence-electron chi connectivity index (χ2n) is 4.07. The van der Waals surface area contributed by atoms with Crippen molar-refractivity contribution < 1.29 is 18.3 Å². The number of primary sulfonamides is 1. The van der Waals surface area contributed by atoms with Gasteiger partial charge in [0.1, 0.15) is 10.6 Å². The SMILES string of the molecule is NS(=O)(=O)c1cccnc1Oc1ccc(CCO)cc1. The summed E-state index contributed by atoms with van der Waals surface area (Å²) in [6, 6.07) is 9.71. The van der Waals surface area contributed by atoms with Crippen LogP contribution in [0.2, 0.25) is 0 Å². The summed E-state index contributed by atoms with van der Waals surface area (Å²) in [4.78, 5) is 3.71. The summed E-state index contributed by atoms with van der Waals surface area (Å²) in [5.41, 5.74) is 0.951. The van der Waals surface area contributed by atoms with Crippen molar-refractivity contribution in [3.05, 3.63) is 48.2 Å². The van der Waals surface area contributed by atoms with Gasteiger partial charge < -0.3 is 9.84 Å². The second-order valence-corrected chi connectivity index (χ2v) is 5.60. The van der Waals surface area contributed by atoms with Crippen LogP contribution in [0, 0.1) is 0 Å². The smallest absolute Gasteiger partial charge is 0.243 e. The summed E-state index contributed by atoms with van der Waals surface area (Å²) in [6.07, 6.45) is 1.97. The van der Waals surface area contributed by atoms with E-state index in [0.29, 0.717) is 12.2 Å². The minimum absolute atomic E-state index is 0.0649. The molecule has 6 nitrogen and oxygen atoms in total. The third-order valence-corrected chi connectivity index (χ3v) is 3.50. The van der Waals surface area contributed by atoms with Crippen molar-refractivity contribution in [2.24, 2.45) is 5.14 Å². The maximum atomic E-state index is 11.4. The van der Waals surface area contributed by atoms with Crippen molar-refractivity contribution >= 4 is 10.0 Å². The van der Waals surface area contributed by atoms with Crippen LogP contribution in [0.3, 0.4) is 0 Å². The van der Waals surface area contributed by atoms with Crippen LogP contribution in [-0.4, -0.2) is 25.1 Å². The molecule has 20 heavy (non-hydrogen) atoms. The van der Waals surface area contributed by atoms with Crippen LogP contribution in [-0.2, 0) is 16.4 Å². The molecule has 0 radical (unpaired) electrons. The van der Waals surface area contributed by atoms with Gasteiger partial charge in [-0.3, -0.25) is 0 Å². The molecule has 0 aliphatic carbocycles. The summed E-state index contributed by atoms with van der Waals surface area (Å²) in [7, 11) is -3.89. The first kappa shape index (κ1) is 14.4. The van der Waals surface area contributed by atoms with Crippen molar-refractivity contribution in [2.45, 2.75) is 11.3 Å². The average Bonchev–Trinajstić information content (AvgIpc) is 2.41. The summed E-state index contributed by atoms with van der Waals surface area (Å²) < 4.78 is 28.3. The van der Waals surface area contributed by atoms with Crippen LogP contribution in [0.25, 0.3) is 0 Å². The molecule has 1 heterocycles. The molecule has 3 N–H and O–H groups in total. The van der Waals surface area contributed by atoms with E-state index in [9.17, 15) is 8.42 Å². The lowest BCUT2D eigenvalue weighted by molar-refractivity contribution is 0.299. The molecule has 7 heteroatoms. The maximum absolute atomic E-state index is 11.4. The van der Waals surface area contributed by atoms with E-state index in [1.807, 2.05) is 0 Å². The van der Waals surface area contributed by atoms with Gasteiger partial charge in [-0.1, -0.05) is 12.1 Å². The zero-order valence-electron chi connectivity index (χ0n) is 10.6. The number of pyridine rings is 1. The number of aliphatic hydroxyl groups is 1. The van der Waals surface area contributed by atoms with Crippen LogP contribution in [0.15, 0.2) is 47.5 Å². The Morgan fingerprint density at radius 2 is 1.90 bits per heavy atom. The molecule has 0 atom stereocenters. The Kier molecular flexibility index (Phi) is 4.33. The number of hydrogen-bond acceptors (Lipinski definition) is 5. The summed E-state index contributed by atoms with van der Waals surface area (Å²) in [5, 5.41) is 13.9. The van der Waals surface area contributed by atoms with Gasteiger partial charge in [0, 0.05) is 12.8 Å². The van der Waals surface area contributed by atoms with Gasteiger partial charge in [0.15, 0.2) is 0 Å². The third-order valence-electron chi connectivity index (χ3n) is 2.58. The maximum Gasteiger partial charge on any atom is 0.243 e. The van der Waals surface area contributed by atoms with E-state index in [1.54, 1.807) is 24.3 Å². The number of sulfonamides is 1. The monoisotopic (exact) mass is 294 g/mol. The highest BCUT2D eigenvalue weighted by molar-refractivity contribution is 7.89. The number of aromatic nitrogens is 1. The molecule has 2 aromatic rings. The third kappa shape index (κ3) is 3.53. The number of rotatable bonds is 5. The Labute approximate surface area is 116 Å². The van der Waals surface area contributed by atoms with E-state index in [1.165, 1.54) is 18.3 Å². The highest BCUT2D eigenvalue weighted by Gasteiger charge is 2.16. The van der Waals surface area contributed by atoms with E-state index < -0.39 is 10.0 Å². The fourth-order valence-corrected chi connectivity index (χ4v) is 2.24. The average molecular weight is 294 g/mol. The van der Waals surface area contributed by atoms with Gasteiger partial charge in [0.05, 0.1) is 0 Å². The molecule has 0 unspecified atom stereocenters. The minimum atomic E-state index is -3.89. The molecule has 1 aromatic heterocycles. The number of aliphatic hydroxyl groups excluding tert-OH is 1. The molecule has 0 amide bonds. The Balaban J connectivity index is 2.26. The normalized spacial score (nSPS) is 11.3. The lowest BCUT2D eigenvalue weighted by Crippen LogP contribution is -2.13. The molecule has 0 aliphatic heterocycles. The fourth-order valence-electron chi connectivity index (χ4n) is 1.63. The number of nitrogens with zero attached hydrogens (tertiary/aromatic N) is 1. The zero-order valence-corrected chi connectivity index (χ0v) is 11.4. The van der Waals surface area contributed by atoms with Crippen LogP contribution in [0.4, 0.5) is 0 Å². The highest BCUT2D eigenvalue weighted by Crippen LogP contribution is 2.25. The first-order valence-corrected chi connectivity index (χ1v) is 7.41. The second kappa shape index (κ2) is 6.00. The Morgan fingerprint density at radius 3 is 2.50 bits per heavy atom. The highest BCUT2D eigenvalue weighted by atomic mass is 32.2. The molecule has 0 saturated carbocycles. The zero-order chi connectivity index (χ0) is 14.6. The first-order valence-electron chi connectivity index (χ1n) is 5.86. The Hall–Kier alpha value is -1.96. The number of hydrogen-bond donors (Lipinski definition) is 2. The van der Waals surface area contributed by atoms with Gasteiger partial charge in [-0.25, -0.2) is 18.5 Å². The van der Waals surface area contributed by atoms with Crippen molar-refractivity contribution in [1.82, 2.24) is 4.98 Å². The molecule has 0 bridgehead atoms. The number of benzene rings is 1. The molecule has 0 saturated heterocycles. The van der Waals surface area contributed by atoms with Crippen LogP contribution in [0.5, 0.6) is 11.6 Å². The topological polar surface area (TPSA) is 103 Å². The van der Waals surface area contributed by atoms with E-state index in [2.05, 4.69) is 4.98 Å². The van der Waals surface area contributed by atoms with Gasteiger partial charge in [-0.15, -0.1) is 0 Å². The largest absolute Gasteiger partial charge is 0.438 e. The van der Waals surface area contributed by atoms with Crippen LogP contribution >= 0.6 is 0 Å². The van der Waals surface area contributed by atoms with Crippen molar-refractivity contribution in [1.29, 1.82) is 0 Å². The van der Waals surface area contributed by atoms with Crippen LogP contribution in [0.1, 0.15) is 5.56 Å². The van der Waals surface area contributed by atoms with Gasteiger partial charge in [-0.05, 0) is 36.2 Å². The fraction of sp³-hybridized carbons (Fsp3) is 0.154. The van der Waals surface area contributed by atoms with Crippen LogP contribution < -0.4 is 9.88 Å². The molecule has 0 aliphatic rings. The summed E-state index contributed by atoms with van der Waals surface area (Å²) in [5.74, 6) is 0.375. The van der Waals surface area contributed by atoms with E-state index in [0.717, 1.165) is 5.56 Å². The Morgan fingerprint density at radius 1 is 1.20 bits per heavy atom. The van der Waals surface area contributed by atoms with Gasteiger partial charge in [0.25, 0.3) is 0 Å². The number of ether oxygens (including phenoxy) is 1. The van der Waals surface area contributed by atoms with E-state index >= 15 is 0 Å². The summed E-state index contributed by atoms with van der Waals surface area (Å²) in [6.45, 7) is 0.0655. The predicted molar refractivity (Wildman–Crippen MR) is 72.9 cm³/mol. The minimum Gasteiger partial charge on any atom is -0.438 e. The summed E-state index contributed by atoms with van der Waals surface area (Å²) >= 11 is 0. The Bertz CT molecular complexity index is 684. The molecule has 2 rings (SSSR count). The van der Waals surface area contributed by atoms with E-state index in [-0.39, 0.29) is 17.4 Å². The van der Waals surface area contributed by atoms with Crippen molar-refractivity contribution in [3.63, 3.8) is 0 Å². The lowest BCUT2D eigenvalue weighted by atomic mass is 10.1. The first-order chi connectivity index (χ1) is 9.50. The van der Waals surface area contributed by atoms with Gasteiger partial charge in [-0.2, -0.15) is 0 Å². The predicted octanol–water partition coefficient (Wildman–Crippen LogP) is 1.06. The molecule has 0 fully saturated rings. The quantitative estimate of drug-likeness (QED) is 0.858. The van der Waals surface area contributed by atoms with Gasteiger partial charge in [0.2, 0.25) is 15.9 Å². The standard InChI is InChI=1S/C13H14N2O4S/c14-20(17,18)12-2-1-8-15-13(12)19-11-5-3-10(4-6-11)7-9-16/h1-6,8,16H,7,9H2,(H2,14,17,18). The van der Waals surface area contributed by atoms with E-state index in [4.69, 9.17) is 15.0 Å². The molecule has 106 valence electrons. The molecule has 1 aromatic carbocycles. The molecule has 0 spiro atoms. The lowest BCUT2D eigenvalue weighted by Gasteiger charge is -2.08. The molecular formula is C13H14N2O4S. The number of nitrogens with two attached hydrogens (primary N) is 1. The molecular weight excluding hydrogens is 280 g/mol. The van der Waals surface area contributed by atoms with Gasteiger partial charge >= 0.3 is 0 Å². The van der Waals surface area contributed by atoms with Crippen molar-refractivity contribution in [2.75, 3.05) is 6.61 Å². The van der Waals surface area contributed by atoms with Crippen molar-refractivity contribution in [3.8, 4) is 11.6 Å².